The first-order valence-electron chi connectivity index (χ1n) is 11.6. The predicted octanol–water partition coefficient (Wildman–Crippen LogP) is 2.84. The topological polar surface area (TPSA) is 127 Å². The monoisotopic (exact) mass is 537 g/mol. The fraction of sp³-hybridized carbons (Fsp3) is 0.269. The van der Waals surface area contributed by atoms with Crippen LogP contribution in [0.25, 0.3) is 22.4 Å². The largest absolute Gasteiger partial charge is 0.493 e. The van der Waals surface area contributed by atoms with Crippen LogP contribution in [0.15, 0.2) is 57.1 Å². The molecule has 0 bridgehead atoms. The molecule has 0 aliphatic rings. The number of hydrogen-bond donors (Lipinski definition) is 1. The molecule has 0 spiro atoms. The van der Waals surface area contributed by atoms with Gasteiger partial charge in [-0.2, -0.15) is 0 Å². The molecule has 198 valence electrons. The van der Waals surface area contributed by atoms with Crippen molar-refractivity contribution in [1.82, 2.24) is 19.1 Å². The number of nitrogens with zero attached hydrogens (tertiary/aromatic N) is 4. The number of aromatic nitrogens is 4. The van der Waals surface area contributed by atoms with E-state index in [-0.39, 0.29) is 33.5 Å². The lowest BCUT2D eigenvalue weighted by Crippen LogP contribution is -2.37. The fourth-order valence-corrected chi connectivity index (χ4v) is 4.62. The number of thioether (sulfide) groups is 1. The quantitative estimate of drug-likeness (QED) is 0.253. The van der Waals surface area contributed by atoms with E-state index >= 15 is 0 Å². The summed E-state index contributed by atoms with van der Waals surface area (Å²) in [5.74, 6) is 1.43. The number of aryl methyl sites for hydroxylation is 1. The molecule has 2 aromatic heterocycles. The number of fused-ring (bicyclic) bond motifs is 1. The van der Waals surface area contributed by atoms with Crippen LogP contribution in [0.4, 0.5) is 5.69 Å². The summed E-state index contributed by atoms with van der Waals surface area (Å²) in [5, 5.41) is 3.25. The van der Waals surface area contributed by atoms with Gasteiger partial charge in [0.05, 0.1) is 32.3 Å². The van der Waals surface area contributed by atoms with E-state index in [0.29, 0.717) is 35.1 Å². The summed E-state index contributed by atoms with van der Waals surface area (Å²) in [6.45, 7) is 2.31. The number of para-hydroxylation sites is 2. The van der Waals surface area contributed by atoms with E-state index in [0.717, 1.165) is 16.3 Å². The first kappa shape index (κ1) is 26.7. The number of amides is 1. The Kier molecular flexibility index (Phi) is 8.01. The van der Waals surface area contributed by atoms with Gasteiger partial charge in [0, 0.05) is 19.7 Å². The molecule has 0 saturated carbocycles. The molecule has 38 heavy (non-hydrogen) atoms. The second kappa shape index (κ2) is 11.4. The van der Waals surface area contributed by atoms with Crippen LogP contribution in [0.2, 0.25) is 0 Å². The zero-order valence-electron chi connectivity index (χ0n) is 21.6. The molecule has 0 saturated heterocycles. The lowest BCUT2D eigenvalue weighted by molar-refractivity contribution is -0.113. The Bertz CT molecular complexity index is 1630. The smallest absolute Gasteiger partial charge is 0.332 e. The van der Waals surface area contributed by atoms with Crippen molar-refractivity contribution >= 4 is 34.4 Å². The summed E-state index contributed by atoms with van der Waals surface area (Å²) in [4.78, 5) is 47.8. The van der Waals surface area contributed by atoms with Crippen LogP contribution in [-0.4, -0.2) is 51.6 Å². The molecule has 0 aliphatic carbocycles. The highest BCUT2D eigenvalue weighted by atomic mass is 32.2. The number of benzene rings is 2. The van der Waals surface area contributed by atoms with Crippen LogP contribution in [0.5, 0.6) is 17.2 Å². The minimum Gasteiger partial charge on any atom is -0.493 e. The normalized spacial score (nSPS) is 10.9. The van der Waals surface area contributed by atoms with Gasteiger partial charge in [0.25, 0.3) is 5.56 Å². The highest BCUT2D eigenvalue weighted by Crippen LogP contribution is 2.33. The number of methoxy groups -OCH3 is 2. The van der Waals surface area contributed by atoms with Gasteiger partial charge in [-0.15, -0.1) is 0 Å². The molecular weight excluding hydrogens is 510 g/mol. The van der Waals surface area contributed by atoms with Gasteiger partial charge >= 0.3 is 5.69 Å². The van der Waals surface area contributed by atoms with E-state index in [1.807, 2.05) is 13.0 Å². The first-order chi connectivity index (χ1) is 18.3. The second-order valence-electron chi connectivity index (χ2n) is 8.09. The van der Waals surface area contributed by atoms with Gasteiger partial charge in [0.1, 0.15) is 16.2 Å². The summed E-state index contributed by atoms with van der Waals surface area (Å²) in [6, 6.07) is 12.3. The molecular formula is C26H27N5O6S. The number of carbonyl (C=O) groups excluding carboxylic acids is 1. The van der Waals surface area contributed by atoms with Crippen molar-refractivity contribution in [3.63, 3.8) is 0 Å². The Morgan fingerprint density at radius 1 is 0.974 bits per heavy atom. The number of nitrogens with one attached hydrogen (secondary N) is 1. The van der Waals surface area contributed by atoms with Gasteiger partial charge in [-0.3, -0.25) is 18.7 Å². The molecule has 4 aromatic rings. The third-order valence-corrected chi connectivity index (χ3v) is 6.68. The van der Waals surface area contributed by atoms with E-state index in [1.54, 1.807) is 36.4 Å². The minimum absolute atomic E-state index is 0.0516. The van der Waals surface area contributed by atoms with E-state index < -0.39 is 11.2 Å². The van der Waals surface area contributed by atoms with E-state index in [1.165, 1.54) is 32.9 Å². The van der Waals surface area contributed by atoms with Gasteiger partial charge in [-0.05, 0) is 37.3 Å². The van der Waals surface area contributed by atoms with Crippen LogP contribution >= 0.6 is 11.8 Å². The molecule has 4 rings (SSSR count). The van der Waals surface area contributed by atoms with Crippen molar-refractivity contribution in [3.8, 4) is 28.6 Å². The molecule has 0 unspecified atom stereocenters. The molecule has 0 radical (unpaired) electrons. The van der Waals surface area contributed by atoms with Gasteiger partial charge < -0.3 is 19.5 Å². The van der Waals surface area contributed by atoms with E-state index in [2.05, 4.69) is 15.3 Å². The SMILES string of the molecule is CCOc1ccccc1NC(=O)CSc1nc(-c2ccc(OC)c(OC)c2)nc2c1c(=O)n(C)c(=O)n2C. The van der Waals surface area contributed by atoms with Crippen molar-refractivity contribution in [2.75, 3.05) is 31.9 Å². The summed E-state index contributed by atoms with van der Waals surface area (Å²) in [7, 11) is 5.96. The number of anilines is 1. The van der Waals surface area contributed by atoms with Crippen molar-refractivity contribution in [2.45, 2.75) is 11.9 Å². The maximum atomic E-state index is 13.1. The Hall–Kier alpha value is -4.32. The Labute approximate surface area is 222 Å². The Morgan fingerprint density at radius 2 is 1.71 bits per heavy atom. The van der Waals surface area contributed by atoms with Gasteiger partial charge in [-0.25, -0.2) is 14.8 Å². The standard InChI is InChI=1S/C26H27N5O6S/c1-6-37-17-10-8-7-9-16(17)27-20(32)14-38-24-21-23(30(2)26(34)31(3)25(21)33)28-22(29-24)15-11-12-18(35-4)19(13-15)36-5/h7-13H,6,14H2,1-5H3,(H,27,32). The van der Waals surface area contributed by atoms with Crippen LogP contribution in [0.1, 0.15) is 6.92 Å². The summed E-state index contributed by atoms with van der Waals surface area (Å²) in [5.41, 5.74) is 0.196. The van der Waals surface area contributed by atoms with Crippen LogP contribution in [0, 0.1) is 0 Å². The average Bonchev–Trinajstić information content (AvgIpc) is 2.94. The minimum atomic E-state index is -0.549. The molecule has 0 fully saturated rings. The van der Waals surface area contributed by atoms with Crippen LogP contribution < -0.4 is 30.8 Å². The Balaban J connectivity index is 1.76. The molecule has 2 heterocycles. The van der Waals surface area contributed by atoms with Crippen molar-refractivity contribution in [3.05, 3.63) is 63.3 Å². The highest BCUT2D eigenvalue weighted by molar-refractivity contribution is 8.00. The average molecular weight is 538 g/mol. The molecule has 0 aliphatic heterocycles. The lowest BCUT2D eigenvalue weighted by atomic mass is 10.2. The summed E-state index contributed by atoms with van der Waals surface area (Å²) < 4.78 is 18.6. The zero-order chi connectivity index (χ0) is 27.4. The van der Waals surface area contributed by atoms with Gasteiger partial charge in [0.2, 0.25) is 5.91 Å². The zero-order valence-corrected chi connectivity index (χ0v) is 22.4. The molecule has 0 atom stereocenters. The van der Waals surface area contributed by atoms with E-state index in [9.17, 15) is 14.4 Å². The Morgan fingerprint density at radius 3 is 2.42 bits per heavy atom. The van der Waals surface area contributed by atoms with Gasteiger partial charge in [0.15, 0.2) is 23.0 Å². The highest BCUT2D eigenvalue weighted by Gasteiger charge is 2.20. The number of rotatable bonds is 9. The number of carbonyl (C=O) groups is 1. The van der Waals surface area contributed by atoms with Crippen molar-refractivity contribution < 1.29 is 19.0 Å². The lowest BCUT2D eigenvalue weighted by Gasteiger charge is -2.14. The number of hydrogen-bond acceptors (Lipinski definition) is 9. The summed E-state index contributed by atoms with van der Waals surface area (Å²) in [6.07, 6.45) is 0. The molecule has 12 heteroatoms. The van der Waals surface area contributed by atoms with E-state index in [4.69, 9.17) is 14.2 Å². The third-order valence-electron chi connectivity index (χ3n) is 5.71. The van der Waals surface area contributed by atoms with Crippen molar-refractivity contribution in [2.24, 2.45) is 14.1 Å². The van der Waals surface area contributed by atoms with Crippen LogP contribution in [0.3, 0.4) is 0 Å². The molecule has 1 N–H and O–H groups in total. The summed E-state index contributed by atoms with van der Waals surface area (Å²) >= 11 is 1.07. The predicted molar refractivity (Wildman–Crippen MR) is 146 cm³/mol. The number of ether oxygens (including phenoxy) is 3. The van der Waals surface area contributed by atoms with Gasteiger partial charge in [-0.1, -0.05) is 23.9 Å². The third kappa shape index (κ3) is 5.21. The second-order valence-corrected chi connectivity index (χ2v) is 9.06. The van der Waals surface area contributed by atoms with Crippen molar-refractivity contribution in [1.29, 1.82) is 0 Å². The first-order valence-corrected chi connectivity index (χ1v) is 12.6. The maximum absolute atomic E-state index is 13.1. The maximum Gasteiger partial charge on any atom is 0.332 e. The van der Waals surface area contributed by atoms with Crippen LogP contribution in [-0.2, 0) is 18.9 Å². The molecule has 1 amide bonds. The molecule has 2 aromatic carbocycles. The molecule has 11 nitrogen and oxygen atoms in total. The fourth-order valence-electron chi connectivity index (χ4n) is 3.81.